The van der Waals surface area contributed by atoms with Crippen molar-refractivity contribution in [2.45, 2.75) is 50.1 Å². The first-order chi connectivity index (χ1) is 13.3. The van der Waals surface area contributed by atoms with Crippen molar-refractivity contribution < 1.29 is 13.2 Å². The first-order valence-electron chi connectivity index (χ1n) is 9.59. The van der Waals surface area contributed by atoms with Gasteiger partial charge >= 0.3 is 0 Å². The molecule has 7 heteroatoms. The number of benzene rings is 2. The van der Waals surface area contributed by atoms with Crippen molar-refractivity contribution in [2.75, 3.05) is 11.9 Å². The predicted octanol–water partition coefficient (Wildman–Crippen LogP) is 2.89. The lowest BCUT2D eigenvalue weighted by Gasteiger charge is -2.22. The molecule has 0 bridgehead atoms. The van der Waals surface area contributed by atoms with E-state index in [1.54, 1.807) is 12.1 Å². The number of amides is 1. The summed E-state index contributed by atoms with van der Waals surface area (Å²) in [6, 6.07) is 15.2. The van der Waals surface area contributed by atoms with Gasteiger partial charge in [-0.2, -0.15) is 0 Å². The maximum Gasteiger partial charge on any atom is 0.238 e. The summed E-state index contributed by atoms with van der Waals surface area (Å²) < 4.78 is 22.9. The van der Waals surface area contributed by atoms with Gasteiger partial charge in [-0.25, -0.2) is 13.6 Å². The topological polar surface area (TPSA) is 92.5 Å². The Balaban J connectivity index is 1.55. The van der Waals surface area contributed by atoms with E-state index in [0.29, 0.717) is 24.7 Å². The third kappa shape index (κ3) is 5.89. The van der Waals surface area contributed by atoms with Crippen LogP contribution in [0.2, 0.25) is 0 Å². The molecule has 0 atom stereocenters. The van der Waals surface area contributed by atoms with Crippen molar-refractivity contribution in [1.29, 1.82) is 0 Å². The Kier molecular flexibility index (Phi) is 6.49. The lowest BCUT2D eigenvalue weighted by molar-refractivity contribution is -0.116. The minimum Gasteiger partial charge on any atom is -0.326 e. The van der Waals surface area contributed by atoms with Crippen LogP contribution in [0.1, 0.15) is 37.3 Å². The molecule has 28 heavy (non-hydrogen) atoms. The molecule has 0 saturated heterocycles. The van der Waals surface area contributed by atoms with Crippen molar-refractivity contribution in [3.63, 3.8) is 0 Å². The van der Waals surface area contributed by atoms with Crippen LogP contribution in [0, 0.1) is 0 Å². The number of carbonyl (C=O) groups is 1. The number of carbonyl (C=O) groups excluding carboxylic acids is 1. The maximum atomic E-state index is 12.3. The number of nitrogens with zero attached hydrogens (tertiary/aromatic N) is 1. The van der Waals surface area contributed by atoms with E-state index in [1.807, 2.05) is 0 Å². The zero-order valence-electron chi connectivity index (χ0n) is 16.1. The number of aryl methyl sites for hydroxylation is 1. The second-order valence-corrected chi connectivity index (χ2v) is 8.80. The Morgan fingerprint density at radius 3 is 2.43 bits per heavy atom. The normalized spacial score (nSPS) is 14.2. The fraction of sp³-hybridized carbons (Fsp3) is 0.381. The SMILES string of the molecule is CCc1ccc(CN(CCC(=O)Nc2cccc(S(N)(=O)=O)c2)C2CC2)cc1. The van der Waals surface area contributed by atoms with Gasteiger partial charge in [-0.15, -0.1) is 0 Å². The smallest absolute Gasteiger partial charge is 0.238 e. The molecule has 150 valence electrons. The molecule has 0 radical (unpaired) electrons. The highest BCUT2D eigenvalue weighted by molar-refractivity contribution is 7.89. The number of rotatable bonds is 9. The van der Waals surface area contributed by atoms with Gasteiger partial charge in [0.1, 0.15) is 0 Å². The van der Waals surface area contributed by atoms with Crippen LogP contribution >= 0.6 is 0 Å². The second kappa shape index (κ2) is 8.86. The van der Waals surface area contributed by atoms with Crippen LogP contribution in [-0.2, 0) is 27.8 Å². The van der Waals surface area contributed by atoms with Crippen LogP contribution in [-0.4, -0.2) is 31.8 Å². The van der Waals surface area contributed by atoms with Gasteiger partial charge in [-0.1, -0.05) is 37.3 Å². The lowest BCUT2D eigenvalue weighted by Crippen LogP contribution is -2.29. The van der Waals surface area contributed by atoms with Gasteiger partial charge < -0.3 is 5.32 Å². The molecule has 1 aliphatic rings. The fourth-order valence-corrected chi connectivity index (χ4v) is 3.72. The molecule has 1 amide bonds. The van der Waals surface area contributed by atoms with E-state index < -0.39 is 10.0 Å². The molecule has 0 unspecified atom stereocenters. The van der Waals surface area contributed by atoms with E-state index >= 15 is 0 Å². The Hall–Kier alpha value is -2.22. The van der Waals surface area contributed by atoms with Crippen molar-refractivity contribution in [2.24, 2.45) is 5.14 Å². The van der Waals surface area contributed by atoms with E-state index in [4.69, 9.17) is 5.14 Å². The average molecular weight is 402 g/mol. The number of primary sulfonamides is 1. The molecule has 1 fully saturated rings. The molecule has 2 aromatic rings. The molecule has 1 saturated carbocycles. The summed E-state index contributed by atoms with van der Waals surface area (Å²) in [6.45, 7) is 3.65. The van der Waals surface area contributed by atoms with Crippen molar-refractivity contribution in [1.82, 2.24) is 4.90 Å². The number of nitrogens with two attached hydrogens (primary N) is 1. The van der Waals surface area contributed by atoms with Gasteiger partial charge in [0.25, 0.3) is 0 Å². The van der Waals surface area contributed by atoms with E-state index in [1.165, 1.54) is 36.1 Å². The van der Waals surface area contributed by atoms with E-state index in [2.05, 4.69) is 41.4 Å². The van der Waals surface area contributed by atoms with Gasteiger partial charge in [0.2, 0.25) is 15.9 Å². The van der Waals surface area contributed by atoms with Gasteiger partial charge in [0.15, 0.2) is 0 Å². The van der Waals surface area contributed by atoms with Crippen molar-refractivity contribution in [3.8, 4) is 0 Å². The Labute approximate surface area is 166 Å². The standard InChI is InChI=1S/C21H27N3O3S/c1-2-16-6-8-17(9-7-16)15-24(19-10-11-19)13-12-21(25)23-18-4-3-5-20(14-18)28(22,26)27/h3-9,14,19H,2,10-13,15H2,1H3,(H,23,25)(H2,22,26,27). The molecule has 0 spiro atoms. The summed E-state index contributed by atoms with van der Waals surface area (Å²) in [5.41, 5.74) is 3.01. The van der Waals surface area contributed by atoms with Crippen LogP contribution in [0.25, 0.3) is 0 Å². The molecule has 0 heterocycles. The monoisotopic (exact) mass is 401 g/mol. The number of hydrogen-bond donors (Lipinski definition) is 2. The summed E-state index contributed by atoms with van der Waals surface area (Å²) in [5.74, 6) is -0.140. The molecule has 6 nitrogen and oxygen atoms in total. The first kappa shape index (κ1) is 20.5. The summed E-state index contributed by atoms with van der Waals surface area (Å²) in [7, 11) is -3.79. The number of hydrogen-bond acceptors (Lipinski definition) is 4. The predicted molar refractivity (Wildman–Crippen MR) is 110 cm³/mol. The van der Waals surface area contributed by atoms with E-state index in [0.717, 1.165) is 13.0 Å². The molecule has 2 aromatic carbocycles. The molecule has 0 aliphatic heterocycles. The highest BCUT2D eigenvalue weighted by atomic mass is 32.2. The molecule has 0 aromatic heterocycles. The van der Waals surface area contributed by atoms with Gasteiger partial charge in [0, 0.05) is 31.2 Å². The summed E-state index contributed by atoms with van der Waals surface area (Å²) in [6.07, 6.45) is 3.72. The summed E-state index contributed by atoms with van der Waals surface area (Å²) >= 11 is 0. The molecular weight excluding hydrogens is 374 g/mol. The van der Waals surface area contributed by atoms with E-state index in [9.17, 15) is 13.2 Å². The first-order valence-corrected chi connectivity index (χ1v) is 11.1. The average Bonchev–Trinajstić information content (AvgIpc) is 3.50. The molecule has 3 N–H and O–H groups in total. The van der Waals surface area contributed by atoms with Crippen LogP contribution in [0.3, 0.4) is 0 Å². The van der Waals surface area contributed by atoms with Crippen LogP contribution in [0.5, 0.6) is 0 Å². The van der Waals surface area contributed by atoms with Crippen LogP contribution in [0.15, 0.2) is 53.4 Å². The number of nitrogens with one attached hydrogen (secondary N) is 1. The lowest BCUT2D eigenvalue weighted by atomic mass is 10.1. The van der Waals surface area contributed by atoms with Crippen LogP contribution in [0.4, 0.5) is 5.69 Å². The Bertz CT molecular complexity index is 922. The Morgan fingerprint density at radius 1 is 1.14 bits per heavy atom. The van der Waals surface area contributed by atoms with Gasteiger partial charge in [-0.05, 0) is 48.6 Å². The van der Waals surface area contributed by atoms with Crippen molar-refractivity contribution >= 4 is 21.6 Å². The van der Waals surface area contributed by atoms with Crippen molar-refractivity contribution in [3.05, 3.63) is 59.7 Å². The summed E-state index contributed by atoms with van der Waals surface area (Å²) in [4.78, 5) is 14.7. The highest BCUT2D eigenvalue weighted by Crippen LogP contribution is 2.28. The van der Waals surface area contributed by atoms with E-state index in [-0.39, 0.29) is 10.8 Å². The highest BCUT2D eigenvalue weighted by Gasteiger charge is 2.29. The van der Waals surface area contributed by atoms with Crippen LogP contribution < -0.4 is 10.5 Å². The third-order valence-corrected chi connectivity index (χ3v) is 5.86. The zero-order chi connectivity index (χ0) is 20.1. The molecular formula is C21H27N3O3S. The third-order valence-electron chi connectivity index (χ3n) is 4.95. The zero-order valence-corrected chi connectivity index (χ0v) is 16.9. The summed E-state index contributed by atoms with van der Waals surface area (Å²) in [5, 5.41) is 7.90. The second-order valence-electron chi connectivity index (χ2n) is 7.24. The quantitative estimate of drug-likeness (QED) is 0.676. The molecule has 1 aliphatic carbocycles. The minimum absolute atomic E-state index is 0.0135. The molecule has 3 rings (SSSR count). The minimum atomic E-state index is -3.79. The largest absolute Gasteiger partial charge is 0.326 e. The number of anilines is 1. The maximum absolute atomic E-state index is 12.3. The number of sulfonamides is 1. The fourth-order valence-electron chi connectivity index (χ4n) is 3.16. The van der Waals surface area contributed by atoms with Gasteiger partial charge in [0.05, 0.1) is 4.90 Å². The van der Waals surface area contributed by atoms with Gasteiger partial charge in [-0.3, -0.25) is 9.69 Å². The Morgan fingerprint density at radius 2 is 1.82 bits per heavy atom.